The number of likely N-dealkylation sites (tertiary alicyclic amines) is 1. The number of nitrogen functional groups attached to an aromatic ring is 1. The second kappa shape index (κ2) is 6.85. The molecule has 1 aromatic rings. The summed E-state index contributed by atoms with van der Waals surface area (Å²) in [5.74, 6) is -0.0762. The largest absolute Gasteiger partial charge is 0.444 e. The van der Waals surface area contributed by atoms with Gasteiger partial charge in [-0.25, -0.2) is 22.9 Å². The van der Waals surface area contributed by atoms with Crippen LogP contribution in [0.15, 0.2) is 21.6 Å². The fraction of sp³-hybridized carbons (Fsp3) is 0.571. The summed E-state index contributed by atoms with van der Waals surface area (Å²) in [5, 5.41) is 0. The number of aromatic nitrogens is 1. The van der Waals surface area contributed by atoms with Crippen LogP contribution in [0, 0.1) is 0 Å². The third kappa shape index (κ3) is 4.81. The lowest BCUT2D eigenvalue weighted by Crippen LogP contribution is -2.40. The Morgan fingerprint density at radius 1 is 1.50 bits per heavy atom. The molecule has 1 saturated heterocycles. The summed E-state index contributed by atoms with van der Waals surface area (Å²) < 4.78 is 33.3. The number of anilines is 1. The summed E-state index contributed by atoms with van der Waals surface area (Å²) in [5.41, 5.74) is 5.07. The number of carbonyl (C=O) groups excluding carboxylic acids is 1. The minimum atomic E-state index is -3.83. The Hall–Kier alpha value is -1.39. The molecule has 10 heteroatoms. The van der Waals surface area contributed by atoms with E-state index in [-0.39, 0.29) is 17.3 Å². The normalized spacial score (nSPS) is 18.7. The van der Waals surface area contributed by atoms with E-state index >= 15 is 0 Å². The van der Waals surface area contributed by atoms with Gasteiger partial charge in [0.2, 0.25) is 10.0 Å². The molecule has 0 aromatic carbocycles. The summed E-state index contributed by atoms with van der Waals surface area (Å²) in [6.45, 7) is 6.02. The van der Waals surface area contributed by atoms with Gasteiger partial charge in [0, 0.05) is 29.8 Å². The number of nitrogens with zero attached hydrogens (tertiary/aromatic N) is 2. The van der Waals surface area contributed by atoms with Crippen molar-refractivity contribution >= 4 is 37.9 Å². The number of carbonyl (C=O) groups is 1. The Balaban J connectivity index is 2.04. The number of nitrogens with one attached hydrogen (secondary N) is 1. The van der Waals surface area contributed by atoms with Crippen molar-refractivity contribution in [1.29, 1.82) is 0 Å². The number of pyridine rings is 1. The lowest BCUT2D eigenvalue weighted by molar-refractivity contribution is 0.0292. The number of nitrogens with two attached hydrogens (primary N) is 1. The molecular formula is C14H21BrN4O4S. The lowest BCUT2D eigenvalue weighted by Gasteiger charge is -2.24. The fourth-order valence-corrected chi connectivity index (χ4v) is 4.13. The van der Waals surface area contributed by atoms with Gasteiger partial charge in [-0.05, 0) is 49.2 Å². The number of rotatable bonds is 3. The molecule has 134 valence electrons. The van der Waals surface area contributed by atoms with Crippen LogP contribution in [0.4, 0.5) is 10.6 Å². The predicted molar refractivity (Wildman–Crippen MR) is 92.9 cm³/mol. The molecule has 8 nitrogen and oxygen atoms in total. The second-order valence-electron chi connectivity index (χ2n) is 6.57. The first-order valence-electron chi connectivity index (χ1n) is 7.39. The monoisotopic (exact) mass is 420 g/mol. The molecule has 1 aromatic heterocycles. The van der Waals surface area contributed by atoms with Crippen LogP contribution >= 0.6 is 15.9 Å². The molecule has 1 atom stereocenters. The highest BCUT2D eigenvalue weighted by Crippen LogP contribution is 2.22. The van der Waals surface area contributed by atoms with Gasteiger partial charge in [0.05, 0.1) is 0 Å². The van der Waals surface area contributed by atoms with Gasteiger partial charge in [-0.3, -0.25) is 0 Å². The first kappa shape index (κ1) is 18.9. The van der Waals surface area contributed by atoms with Crippen LogP contribution in [0.2, 0.25) is 0 Å². The minimum absolute atomic E-state index is 0.0762. The Kier molecular flexibility index (Phi) is 5.41. The van der Waals surface area contributed by atoms with Crippen molar-refractivity contribution in [2.75, 3.05) is 18.8 Å². The van der Waals surface area contributed by atoms with Crippen LogP contribution in [0.25, 0.3) is 0 Å². The van der Waals surface area contributed by atoms with Crippen LogP contribution in [0.1, 0.15) is 27.2 Å². The number of hydrogen-bond acceptors (Lipinski definition) is 6. The standard InChI is InChI=1S/C14H21BrN4O4S/c1-14(2,3)23-13(20)19-5-4-10(8-19)18-24(21,22)11-6-9(15)7-17-12(11)16/h6-7,10,18H,4-5,8H2,1-3H3,(H2,16,17). The summed E-state index contributed by atoms with van der Waals surface area (Å²) in [4.78, 5) is 17.3. The number of amides is 1. The molecule has 0 aliphatic carbocycles. The zero-order valence-electron chi connectivity index (χ0n) is 13.7. The molecule has 0 spiro atoms. The van der Waals surface area contributed by atoms with Gasteiger partial charge in [-0.1, -0.05) is 0 Å². The second-order valence-corrected chi connectivity index (χ2v) is 9.17. The SMILES string of the molecule is CC(C)(C)OC(=O)N1CCC(NS(=O)(=O)c2cc(Br)cnc2N)C1. The highest BCUT2D eigenvalue weighted by atomic mass is 79.9. The highest BCUT2D eigenvalue weighted by molar-refractivity contribution is 9.10. The maximum absolute atomic E-state index is 12.5. The van der Waals surface area contributed by atoms with Crippen LogP contribution in [-0.2, 0) is 14.8 Å². The third-order valence-corrected chi connectivity index (χ3v) is 5.28. The van der Waals surface area contributed by atoms with Crippen molar-refractivity contribution in [3.8, 4) is 0 Å². The molecule has 0 saturated carbocycles. The van der Waals surface area contributed by atoms with E-state index in [4.69, 9.17) is 10.5 Å². The van der Waals surface area contributed by atoms with E-state index < -0.39 is 27.8 Å². The first-order chi connectivity index (χ1) is 11.0. The van der Waals surface area contributed by atoms with Crippen LogP contribution in [0.3, 0.4) is 0 Å². The first-order valence-corrected chi connectivity index (χ1v) is 9.67. The van der Waals surface area contributed by atoms with E-state index in [9.17, 15) is 13.2 Å². The zero-order chi connectivity index (χ0) is 18.1. The average Bonchev–Trinajstić information content (AvgIpc) is 2.87. The maximum Gasteiger partial charge on any atom is 0.410 e. The maximum atomic E-state index is 12.5. The molecular weight excluding hydrogens is 400 g/mol. The average molecular weight is 421 g/mol. The van der Waals surface area contributed by atoms with E-state index in [1.807, 2.05) is 0 Å². The van der Waals surface area contributed by atoms with E-state index in [2.05, 4.69) is 25.6 Å². The topological polar surface area (TPSA) is 115 Å². The van der Waals surface area contributed by atoms with E-state index in [1.54, 1.807) is 20.8 Å². The van der Waals surface area contributed by atoms with Crippen molar-refractivity contribution in [1.82, 2.24) is 14.6 Å². The number of ether oxygens (including phenoxy) is 1. The van der Waals surface area contributed by atoms with E-state index in [0.29, 0.717) is 17.4 Å². The Morgan fingerprint density at radius 3 is 2.79 bits per heavy atom. The Bertz CT molecular complexity index is 733. The Morgan fingerprint density at radius 2 is 2.17 bits per heavy atom. The highest BCUT2D eigenvalue weighted by Gasteiger charge is 2.33. The van der Waals surface area contributed by atoms with Gasteiger partial charge >= 0.3 is 6.09 Å². The minimum Gasteiger partial charge on any atom is -0.444 e. The number of sulfonamides is 1. The molecule has 1 aliphatic heterocycles. The molecule has 2 rings (SSSR count). The van der Waals surface area contributed by atoms with Crippen molar-refractivity contribution in [2.24, 2.45) is 0 Å². The summed E-state index contributed by atoms with van der Waals surface area (Å²) in [6, 6.07) is 0.992. The van der Waals surface area contributed by atoms with E-state index in [1.165, 1.54) is 17.2 Å². The molecule has 24 heavy (non-hydrogen) atoms. The van der Waals surface area contributed by atoms with Gasteiger partial charge < -0.3 is 15.4 Å². The molecule has 0 radical (unpaired) electrons. The van der Waals surface area contributed by atoms with Crippen molar-refractivity contribution < 1.29 is 17.9 Å². The van der Waals surface area contributed by atoms with Crippen molar-refractivity contribution in [3.63, 3.8) is 0 Å². The quantitative estimate of drug-likeness (QED) is 0.768. The molecule has 1 fully saturated rings. The number of halogens is 1. The van der Waals surface area contributed by atoms with Gasteiger partial charge in [0.25, 0.3) is 0 Å². The lowest BCUT2D eigenvalue weighted by atomic mass is 10.2. The van der Waals surface area contributed by atoms with E-state index in [0.717, 1.165) is 0 Å². The molecule has 3 N–H and O–H groups in total. The van der Waals surface area contributed by atoms with Crippen molar-refractivity contribution in [3.05, 3.63) is 16.7 Å². The Labute approximate surface area is 149 Å². The van der Waals surface area contributed by atoms with Crippen LogP contribution in [-0.4, -0.2) is 49.1 Å². The van der Waals surface area contributed by atoms with Gasteiger partial charge in [0.15, 0.2) is 0 Å². The zero-order valence-corrected chi connectivity index (χ0v) is 16.1. The molecule has 0 bridgehead atoms. The number of hydrogen-bond donors (Lipinski definition) is 2. The van der Waals surface area contributed by atoms with Crippen molar-refractivity contribution in [2.45, 2.75) is 43.7 Å². The molecule has 1 aliphatic rings. The third-order valence-electron chi connectivity index (χ3n) is 3.30. The molecule has 2 heterocycles. The summed E-state index contributed by atoms with van der Waals surface area (Å²) >= 11 is 3.18. The predicted octanol–water partition coefficient (Wildman–Crippen LogP) is 1.71. The van der Waals surface area contributed by atoms with Crippen LogP contribution in [0.5, 0.6) is 0 Å². The summed E-state index contributed by atoms with van der Waals surface area (Å²) in [6.07, 6.45) is 1.47. The molecule has 1 amide bonds. The fourth-order valence-electron chi connectivity index (χ4n) is 2.28. The molecule has 1 unspecified atom stereocenters. The summed E-state index contributed by atoms with van der Waals surface area (Å²) in [7, 11) is -3.83. The van der Waals surface area contributed by atoms with Gasteiger partial charge in [-0.2, -0.15) is 0 Å². The smallest absolute Gasteiger partial charge is 0.410 e. The van der Waals surface area contributed by atoms with Gasteiger partial charge in [-0.15, -0.1) is 0 Å². The van der Waals surface area contributed by atoms with Gasteiger partial charge in [0.1, 0.15) is 16.3 Å². The van der Waals surface area contributed by atoms with Crippen LogP contribution < -0.4 is 10.5 Å².